The van der Waals surface area contributed by atoms with Crippen molar-refractivity contribution in [2.45, 2.75) is 24.7 Å². The number of aliphatic hydroxyl groups excluding tert-OH is 1. The molecule has 5 nitrogen and oxygen atoms in total. The molecule has 1 aliphatic heterocycles. The zero-order valence-electron chi connectivity index (χ0n) is 10.4. The van der Waals surface area contributed by atoms with E-state index in [-0.39, 0.29) is 0 Å². The highest BCUT2D eigenvalue weighted by Crippen LogP contribution is 2.17. The molecule has 2 rings (SSSR count). The van der Waals surface area contributed by atoms with E-state index < -0.39 is 24.4 Å². The van der Waals surface area contributed by atoms with Gasteiger partial charge in [-0.15, -0.1) is 0 Å². The maximum atomic E-state index is 10.9. The Morgan fingerprint density at radius 3 is 2.79 bits per heavy atom. The van der Waals surface area contributed by atoms with Crippen LogP contribution < -0.4 is 5.73 Å². The van der Waals surface area contributed by atoms with E-state index in [1.807, 2.05) is 36.4 Å². The van der Waals surface area contributed by atoms with Gasteiger partial charge in [0, 0.05) is 6.42 Å². The number of aliphatic hydroxyl groups is 1. The largest absolute Gasteiger partial charge is 0.443 e. The first kappa shape index (κ1) is 13.6. The molecule has 19 heavy (non-hydrogen) atoms. The van der Waals surface area contributed by atoms with Crippen molar-refractivity contribution in [3.05, 3.63) is 48.0 Å². The van der Waals surface area contributed by atoms with Crippen LogP contribution in [0.15, 0.2) is 42.5 Å². The second kappa shape index (κ2) is 6.36. The van der Waals surface area contributed by atoms with Crippen LogP contribution in [0, 0.1) is 0 Å². The minimum atomic E-state index is -0.938. The van der Waals surface area contributed by atoms with E-state index in [0.717, 1.165) is 5.56 Å². The quantitative estimate of drug-likeness (QED) is 0.777. The molecule has 0 aliphatic carbocycles. The number of nitrogens with two attached hydrogens (primary N) is 1. The van der Waals surface area contributed by atoms with Gasteiger partial charge in [0.1, 0.15) is 18.3 Å². The average molecular weight is 263 g/mol. The minimum Gasteiger partial charge on any atom is -0.443 e. The molecule has 1 aromatic rings. The van der Waals surface area contributed by atoms with Crippen molar-refractivity contribution in [2.24, 2.45) is 5.73 Å². The topological polar surface area (TPSA) is 81.8 Å². The highest BCUT2D eigenvalue weighted by atomic mass is 16.6. The molecule has 0 spiro atoms. The highest BCUT2D eigenvalue weighted by Gasteiger charge is 2.31. The van der Waals surface area contributed by atoms with Gasteiger partial charge in [-0.2, -0.15) is 0 Å². The Balaban J connectivity index is 2.06. The van der Waals surface area contributed by atoms with Crippen LogP contribution in [0.25, 0.3) is 0 Å². The van der Waals surface area contributed by atoms with Gasteiger partial charge < -0.3 is 20.3 Å². The number of hydrogen-bond donors (Lipinski definition) is 2. The Morgan fingerprint density at radius 2 is 2.21 bits per heavy atom. The lowest BCUT2D eigenvalue weighted by molar-refractivity contribution is -0.0598. The Morgan fingerprint density at radius 1 is 1.47 bits per heavy atom. The summed E-state index contributed by atoms with van der Waals surface area (Å²) in [7, 11) is 0. The lowest BCUT2D eigenvalue weighted by atomic mass is 10.0. The van der Waals surface area contributed by atoms with Gasteiger partial charge in [-0.3, -0.25) is 0 Å². The van der Waals surface area contributed by atoms with Crippen molar-refractivity contribution in [3.8, 4) is 0 Å². The maximum Gasteiger partial charge on any atom is 0.404 e. The number of amides is 1. The lowest BCUT2D eigenvalue weighted by Crippen LogP contribution is -2.42. The van der Waals surface area contributed by atoms with E-state index in [4.69, 9.17) is 15.2 Å². The molecule has 0 bridgehead atoms. The molecule has 3 unspecified atom stereocenters. The maximum absolute atomic E-state index is 10.9. The fraction of sp³-hybridized carbons (Fsp3) is 0.357. The van der Waals surface area contributed by atoms with E-state index in [2.05, 4.69) is 0 Å². The summed E-state index contributed by atoms with van der Waals surface area (Å²) in [5.41, 5.74) is 6.01. The summed E-state index contributed by atoms with van der Waals surface area (Å²) in [6.45, 7) is 0.455. The van der Waals surface area contributed by atoms with Crippen molar-refractivity contribution in [2.75, 3.05) is 6.61 Å². The van der Waals surface area contributed by atoms with Crippen LogP contribution >= 0.6 is 0 Å². The predicted molar refractivity (Wildman–Crippen MR) is 69.5 cm³/mol. The number of ether oxygens (including phenoxy) is 2. The van der Waals surface area contributed by atoms with Gasteiger partial charge in [0.05, 0.1) is 6.61 Å². The summed E-state index contributed by atoms with van der Waals surface area (Å²) in [5.74, 6) is 0. The van der Waals surface area contributed by atoms with Crippen molar-refractivity contribution in [3.63, 3.8) is 0 Å². The second-order valence-corrected chi connectivity index (χ2v) is 4.38. The third-order valence-corrected chi connectivity index (χ3v) is 2.98. The van der Waals surface area contributed by atoms with Gasteiger partial charge in [0.25, 0.3) is 0 Å². The van der Waals surface area contributed by atoms with Crippen LogP contribution in [-0.4, -0.2) is 36.1 Å². The molecule has 102 valence electrons. The van der Waals surface area contributed by atoms with Crippen LogP contribution in [0.1, 0.15) is 5.56 Å². The third kappa shape index (κ3) is 3.81. The number of benzene rings is 1. The summed E-state index contributed by atoms with van der Waals surface area (Å²) in [6, 6.07) is 9.46. The van der Waals surface area contributed by atoms with Crippen LogP contribution in [0.5, 0.6) is 0 Å². The van der Waals surface area contributed by atoms with Crippen LogP contribution in [0.3, 0.4) is 0 Å². The van der Waals surface area contributed by atoms with Gasteiger partial charge in [0.15, 0.2) is 0 Å². The van der Waals surface area contributed by atoms with Crippen LogP contribution in [-0.2, 0) is 15.9 Å². The van der Waals surface area contributed by atoms with Gasteiger partial charge in [-0.25, -0.2) is 4.79 Å². The summed E-state index contributed by atoms with van der Waals surface area (Å²) >= 11 is 0. The summed E-state index contributed by atoms with van der Waals surface area (Å²) in [4.78, 5) is 10.9. The SMILES string of the molecule is NC(=O)OC(Cc1ccccc1)C(O)C1C=CCO1. The molecule has 0 aromatic heterocycles. The van der Waals surface area contributed by atoms with E-state index in [0.29, 0.717) is 13.0 Å². The smallest absolute Gasteiger partial charge is 0.404 e. The van der Waals surface area contributed by atoms with Crippen LogP contribution in [0.2, 0.25) is 0 Å². The number of hydrogen-bond acceptors (Lipinski definition) is 4. The number of carbonyl (C=O) groups excluding carboxylic acids is 1. The molecule has 5 heteroatoms. The van der Waals surface area contributed by atoms with E-state index in [1.54, 1.807) is 6.08 Å². The van der Waals surface area contributed by atoms with Crippen molar-refractivity contribution < 1.29 is 19.4 Å². The zero-order valence-corrected chi connectivity index (χ0v) is 10.4. The van der Waals surface area contributed by atoms with Gasteiger partial charge in [-0.1, -0.05) is 42.5 Å². The molecular formula is C14H17NO4. The standard InChI is InChI=1S/C14H17NO4/c15-14(17)19-12(9-10-5-2-1-3-6-10)13(16)11-7-4-8-18-11/h1-7,11-13,16H,8-9H2,(H2,15,17). The first-order valence-corrected chi connectivity index (χ1v) is 6.13. The fourth-order valence-corrected chi connectivity index (χ4v) is 2.06. The minimum absolute atomic E-state index is 0.388. The Bertz CT molecular complexity index is 446. The molecule has 0 saturated carbocycles. The Kier molecular flexibility index (Phi) is 4.54. The number of carbonyl (C=O) groups is 1. The van der Waals surface area contributed by atoms with Crippen molar-refractivity contribution in [1.29, 1.82) is 0 Å². The first-order chi connectivity index (χ1) is 9.16. The monoisotopic (exact) mass is 263 g/mol. The molecule has 0 fully saturated rings. The average Bonchev–Trinajstić information content (AvgIpc) is 2.91. The van der Waals surface area contributed by atoms with E-state index in [9.17, 15) is 9.90 Å². The number of rotatable bonds is 5. The Labute approximate surface area is 111 Å². The van der Waals surface area contributed by atoms with E-state index >= 15 is 0 Å². The highest BCUT2D eigenvalue weighted by molar-refractivity contribution is 5.64. The molecule has 1 aromatic carbocycles. The van der Waals surface area contributed by atoms with Crippen molar-refractivity contribution >= 4 is 6.09 Å². The van der Waals surface area contributed by atoms with Gasteiger partial charge in [-0.05, 0) is 5.56 Å². The molecular weight excluding hydrogens is 246 g/mol. The predicted octanol–water partition coefficient (Wildman–Crippen LogP) is 1.01. The summed E-state index contributed by atoms with van der Waals surface area (Å²) in [6.07, 6.45) is 0.928. The molecule has 1 aliphatic rings. The third-order valence-electron chi connectivity index (χ3n) is 2.98. The number of primary amides is 1. The Hall–Kier alpha value is -1.85. The van der Waals surface area contributed by atoms with Gasteiger partial charge >= 0.3 is 6.09 Å². The van der Waals surface area contributed by atoms with Crippen LogP contribution in [0.4, 0.5) is 4.79 Å². The molecule has 0 saturated heterocycles. The normalized spacial score (nSPS) is 21.0. The van der Waals surface area contributed by atoms with Crippen molar-refractivity contribution in [1.82, 2.24) is 0 Å². The second-order valence-electron chi connectivity index (χ2n) is 4.38. The first-order valence-electron chi connectivity index (χ1n) is 6.13. The van der Waals surface area contributed by atoms with E-state index in [1.165, 1.54) is 0 Å². The molecule has 0 radical (unpaired) electrons. The fourth-order valence-electron chi connectivity index (χ4n) is 2.06. The lowest BCUT2D eigenvalue weighted by Gasteiger charge is -2.25. The summed E-state index contributed by atoms with van der Waals surface area (Å²) < 4.78 is 10.3. The van der Waals surface area contributed by atoms with Gasteiger partial charge in [0.2, 0.25) is 0 Å². The molecule has 3 atom stereocenters. The molecule has 1 amide bonds. The zero-order chi connectivity index (χ0) is 13.7. The molecule has 3 N–H and O–H groups in total. The summed E-state index contributed by atoms with van der Waals surface area (Å²) in [5, 5.41) is 10.2. The molecule has 1 heterocycles.